The number of amides is 1. The Morgan fingerprint density at radius 3 is 2.67 bits per heavy atom. The Labute approximate surface area is 161 Å². The van der Waals surface area contributed by atoms with Crippen molar-refractivity contribution in [2.45, 2.75) is 27.3 Å². The van der Waals surface area contributed by atoms with Crippen molar-refractivity contribution in [3.05, 3.63) is 47.2 Å². The average Bonchev–Trinajstić information content (AvgIpc) is 3.05. The molecule has 2 heterocycles. The molecule has 3 rings (SSSR count). The number of carbonyl (C=O) groups is 1. The fourth-order valence-electron chi connectivity index (χ4n) is 2.77. The number of aromatic nitrogens is 1. The van der Waals surface area contributed by atoms with Gasteiger partial charge in [0.25, 0.3) is 0 Å². The van der Waals surface area contributed by atoms with E-state index in [1.807, 2.05) is 0 Å². The number of nitrogens with zero attached hydrogens (tertiary/aromatic N) is 2. The highest BCUT2D eigenvalue weighted by Crippen LogP contribution is 2.36. The van der Waals surface area contributed by atoms with E-state index in [0.717, 1.165) is 29.9 Å². The maximum atomic E-state index is 14.4. The lowest BCUT2D eigenvalue weighted by Crippen LogP contribution is -2.21. The predicted octanol–water partition coefficient (Wildman–Crippen LogP) is 5.03. The number of fused-ring (bicyclic) bond motifs is 1. The SMILES string of the molecule is CCN(CC)Cc1cc2nccc(Oc3ccc(NC(C)=O)cc3F)c2s1. The summed E-state index contributed by atoms with van der Waals surface area (Å²) in [5.74, 6) is -0.110. The third kappa shape index (κ3) is 4.61. The minimum absolute atomic E-state index is 0.107. The normalized spacial score (nSPS) is 11.1. The molecule has 7 heteroatoms. The molecule has 3 aromatic rings. The third-order valence-corrected chi connectivity index (χ3v) is 5.30. The molecule has 1 N–H and O–H groups in total. The summed E-state index contributed by atoms with van der Waals surface area (Å²) in [5, 5.41) is 2.55. The lowest BCUT2D eigenvalue weighted by atomic mass is 10.3. The molecule has 0 saturated heterocycles. The van der Waals surface area contributed by atoms with Crippen molar-refractivity contribution in [3.63, 3.8) is 0 Å². The molecule has 5 nitrogen and oxygen atoms in total. The van der Waals surface area contributed by atoms with Crippen LogP contribution in [0.5, 0.6) is 11.5 Å². The first-order valence-electron chi connectivity index (χ1n) is 8.85. The number of halogens is 1. The molecule has 0 atom stereocenters. The van der Waals surface area contributed by atoms with E-state index in [4.69, 9.17) is 4.74 Å². The molecule has 0 aliphatic carbocycles. The summed E-state index contributed by atoms with van der Waals surface area (Å²) in [5.41, 5.74) is 1.24. The van der Waals surface area contributed by atoms with Gasteiger partial charge in [0.15, 0.2) is 11.6 Å². The summed E-state index contributed by atoms with van der Waals surface area (Å²) in [4.78, 5) is 19.0. The van der Waals surface area contributed by atoms with E-state index in [2.05, 4.69) is 35.1 Å². The van der Waals surface area contributed by atoms with Crippen molar-refractivity contribution in [1.29, 1.82) is 0 Å². The molecular formula is C20H22FN3O2S. The molecule has 0 saturated carbocycles. The Bertz CT molecular complexity index is 954. The van der Waals surface area contributed by atoms with Gasteiger partial charge in [0.2, 0.25) is 5.91 Å². The fraction of sp³-hybridized carbons (Fsp3) is 0.300. The van der Waals surface area contributed by atoms with Gasteiger partial charge in [0, 0.05) is 42.4 Å². The van der Waals surface area contributed by atoms with Crippen molar-refractivity contribution in [2.24, 2.45) is 0 Å². The van der Waals surface area contributed by atoms with Gasteiger partial charge in [-0.2, -0.15) is 0 Å². The Morgan fingerprint density at radius 2 is 2.00 bits per heavy atom. The number of benzene rings is 1. The zero-order valence-electron chi connectivity index (χ0n) is 15.6. The van der Waals surface area contributed by atoms with Crippen molar-refractivity contribution in [3.8, 4) is 11.5 Å². The van der Waals surface area contributed by atoms with Gasteiger partial charge in [-0.3, -0.25) is 14.7 Å². The van der Waals surface area contributed by atoms with Gasteiger partial charge in [-0.1, -0.05) is 13.8 Å². The van der Waals surface area contributed by atoms with Crippen LogP contribution in [-0.4, -0.2) is 28.9 Å². The van der Waals surface area contributed by atoms with Crippen molar-refractivity contribution >= 4 is 33.1 Å². The van der Waals surface area contributed by atoms with Crippen LogP contribution in [0.25, 0.3) is 10.2 Å². The molecule has 0 fully saturated rings. The minimum atomic E-state index is -0.536. The van der Waals surface area contributed by atoms with Gasteiger partial charge in [-0.25, -0.2) is 4.39 Å². The van der Waals surface area contributed by atoms with Gasteiger partial charge >= 0.3 is 0 Å². The van der Waals surface area contributed by atoms with E-state index in [-0.39, 0.29) is 11.7 Å². The monoisotopic (exact) mass is 387 g/mol. The second-order valence-corrected chi connectivity index (χ2v) is 7.26. The van der Waals surface area contributed by atoms with E-state index in [1.165, 1.54) is 23.9 Å². The molecule has 0 bridgehead atoms. The first-order chi connectivity index (χ1) is 13.0. The topological polar surface area (TPSA) is 54.5 Å². The molecule has 27 heavy (non-hydrogen) atoms. The van der Waals surface area contributed by atoms with Crippen molar-refractivity contribution in [2.75, 3.05) is 18.4 Å². The molecule has 0 unspecified atom stereocenters. The molecule has 0 radical (unpaired) electrons. The van der Waals surface area contributed by atoms with E-state index >= 15 is 0 Å². The number of nitrogens with one attached hydrogen (secondary N) is 1. The molecule has 0 aliphatic rings. The first-order valence-corrected chi connectivity index (χ1v) is 9.66. The Hall–Kier alpha value is -2.51. The number of pyridine rings is 1. The van der Waals surface area contributed by atoms with Crippen LogP contribution in [0.2, 0.25) is 0 Å². The zero-order chi connectivity index (χ0) is 19.4. The molecule has 142 valence electrons. The second-order valence-electron chi connectivity index (χ2n) is 6.13. The number of hydrogen-bond acceptors (Lipinski definition) is 5. The zero-order valence-corrected chi connectivity index (χ0v) is 16.4. The highest BCUT2D eigenvalue weighted by molar-refractivity contribution is 7.19. The first kappa shape index (κ1) is 19.3. The fourth-order valence-corrected chi connectivity index (χ4v) is 3.88. The van der Waals surface area contributed by atoms with Gasteiger partial charge in [0.1, 0.15) is 5.75 Å². The minimum Gasteiger partial charge on any atom is -0.453 e. The van der Waals surface area contributed by atoms with Crippen LogP contribution in [-0.2, 0) is 11.3 Å². The maximum Gasteiger partial charge on any atom is 0.221 e. The second kappa shape index (κ2) is 8.45. The van der Waals surface area contributed by atoms with Crippen molar-refractivity contribution in [1.82, 2.24) is 9.88 Å². The van der Waals surface area contributed by atoms with Crippen LogP contribution in [0, 0.1) is 5.82 Å². The highest BCUT2D eigenvalue weighted by atomic mass is 32.1. The summed E-state index contributed by atoms with van der Waals surface area (Å²) >= 11 is 1.61. The van der Waals surface area contributed by atoms with Crippen LogP contribution in [0.3, 0.4) is 0 Å². The largest absolute Gasteiger partial charge is 0.453 e. The van der Waals surface area contributed by atoms with E-state index in [0.29, 0.717) is 11.4 Å². The van der Waals surface area contributed by atoms with E-state index < -0.39 is 5.82 Å². The number of rotatable bonds is 7. The number of carbonyl (C=O) groups excluding carboxylic acids is 1. The van der Waals surface area contributed by atoms with Gasteiger partial charge in [0.05, 0.1) is 10.2 Å². The smallest absolute Gasteiger partial charge is 0.221 e. The Balaban J connectivity index is 1.86. The van der Waals surface area contributed by atoms with Crippen LogP contribution in [0.4, 0.5) is 10.1 Å². The third-order valence-electron chi connectivity index (χ3n) is 4.17. The average molecular weight is 387 g/mol. The highest BCUT2D eigenvalue weighted by Gasteiger charge is 2.13. The molecule has 1 aromatic carbocycles. The molecule has 0 aliphatic heterocycles. The number of hydrogen-bond donors (Lipinski definition) is 1. The quantitative estimate of drug-likeness (QED) is 0.618. The van der Waals surface area contributed by atoms with Crippen molar-refractivity contribution < 1.29 is 13.9 Å². The van der Waals surface area contributed by atoms with Crippen LogP contribution >= 0.6 is 11.3 Å². The maximum absolute atomic E-state index is 14.4. The predicted molar refractivity (Wildman–Crippen MR) is 107 cm³/mol. The lowest BCUT2D eigenvalue weighted by molar-refractivity contribution is -0.114. The lowest BCUT2D eigenvalue weighted by Gasteiger charge is -2.16. The Kier molecular flexibility index (Phi) is 6.03. The molecule has 1 amide bonds. The standard InChI is InChI=1S/C20H22FN3O2S/c1-4-24(5-2)12-15-11-17-20(27-15)19(8-9-22-17)26-18-7-6-14(10-16(18)21)23-13(3)25/h6-11H,4-5,12H2,1-3H3,(H,23,25). The summed E-state index contributed by atoms with van der Waals surface area (Å²) < 4.78 is 21.1. The van der Waals surface area contributed by atoms with Crippen LogP contribution < -0.4 is 10.1 Å². The van der Waals surface area contributed by atoms with Crippen LogP contribution in [0.1, 0.15) is 25.6 Å². The number of thiophene rings is 1. The summed E-state index contributed by atoms with van der Waals surface area (Å²) in [7, 11) is 0. The van der Waals surface area contributed by atoms with Crippen LogP contribution in [0.15, 0.2) is 36.5 Å². The summed E-state index contributed by atoms with van der Waals surface area (Å²) in [6.45, 7) is 8.46. The van der Waals surface area contributed by atoms with Gasteiger partial charge in [-0.05, 0) is 31.3 Å². The van der Waals surface area contributed by atoms with Gasteiger partial charge in [-0.15, -0.1) is 11.3 Å². The summed E-state index contributed by atoms with van der Waals surface area (Å²) in [6, 6.07) is 8.16. The van der Waals surface area contributed by atoms with E-state index in [1.54, 1.807) is 29.7 Å². The number of ether oxygens (including phenoxy) is 1. The van der Waals surface area contributed by atoms with Gasteiger partial charge < -0.3 is 10.1 Å². The molecular weight excluding hydrogens is 365 g/mol. The Morgan fingerprint density at radius 1 is 1.22 bits per heavy atom. The summed E-state index contributed by atoms with van der Waals surface area (Å²) in [6.07, 6.45) is 1.66. The number of anilines is 1. The molecule has 0 spiro atoms. The van der Waals surface area contributed by atoms with E-state index in [9.17, 15) is 9.18 Å². The molecule has 2 aromatic heterocycles.